The zero-order chi connectivity index (χ0) is 41.6. The summed E-state index contributed by atoms with van der Waals surface area (Å²) in [5, 5.41) is 28.9. The van der Waals surface area contributed by atoms with Gasteiger partial charge in [-0.05, 0) is 104 Å². The molecule has 1 aliphatic carbocycles. The molecule has 0 radical (unpaired) electrons. The standard InChI is InChI=1S/C48H72N4O4/c1-15-19-21-31(17-3)45(55)49-37-25-39-35(47(11,12)29(9)51(39)27(5)6)23-33(37)41-43(53)42(44(41)54)34-24-36-40(52(28(7)8)30(10)48(36,13)14)26-38(34)50-46(56)32(18-4)22-20-16-2/h23-32,41,43,53H,15-22H2,1-14H3,(H,49,55)/p+2. The van der Waals surface area contributed by atoms with Crippen LogP contribution in [0.1, 0.15) is 171 Å². The SMILES string of the molecule is CCCCC(CC)C(=O)Nc1cc2c(cc1C1C(=O)C(=c3cc4c(cc3[NH+]=C(O)C(CC)CCCC)=[N+](C(C)C)C(C)C4(C)C)C1O)C(C)(C)C(C)N2C(C)C. The summed E-state index contributed by atoms with van der Waals surface area (Å²) in [6, 6.07) is 9.22. The fourth-order valence-electron chi connectivity index (χ4n) is 9.92. The highest BCUT2D eigenvalue weighted by Gasteiger charge is 2.51. The molecule has 2 heterocycles. The molecule has 0 spiro atoms. The molecule has 8 heteroatoms. The van der Waals surface area contributed by atoms with Crippen molar-refractivity contribution < 1.29 is 24.8 Å². The van der Waals surface area contributed by atoms with E-state index >= 15 is 0 Å². The van der Waals surface area contributed by atoms with Gasteiger partial charge < -0.3 is 20.4 Å². The lowest BCUT2D eigenvalue weighted by Crippen LogP contribution is -2.71. The van der Waals surface area contributed by atoms with Crippen LogP contribution in [-0.4, -0.2) is 58.1 Å². The summed E-state index contributed by atoms with van der Waals surface area (Å²) in [5.41, 5.74) is 5.14. The average Bonchev–Trinajstić information content (AvgIpc) is 3.45. The third-order valence-electron chi connectivity index (χ3n) is 14.1. The quantitative estimate of drug-likeness (QED) is 0.0881. The van der Waals surface area contributed by atoms with Crippen molar-refractivity contribution in [3.05, 3.63) is 51.5 Å². The van der Waals surface area contributed by atoms with E-state index in [4.69, 9.17) is 0 Å². The van der Waals surface area contributed by atoms with Crippen molar-refractivity contribution in [1.29, 1.82) is 0 Å². The van der Waals surface area contributed by atoms with Gasteiger partial charge in [0.25, 0.3) is 0 Å². The van der Waals surface area contributed by atoms with Gasteiger partial charge >= 0.3 is 5.90 Å². The van der Waals surface area contributed by atoms with Crippen molar-refractivity contribution in [3.63, 3.8) is 0 Å². The lowest BCUT2D eigenvalue weighted by Gasteiger charge is -2.36. The highest BCUT2D eigenvalue weighted by atomic mass is 16.3. The third kappa shape index (κ3) is 7.49. The van der Waals surface area contributed by atoms with Crippen LogP contribution in [0.2, 0.25) is 0 Å². The minimum Gasteiger partial charge on any atom is -0.463 e. The Kier molecular flexibility index (Phi) is 13.0. The highest BCUT2D eigenvalue weighted by molar-refractivity contribution is 6.28. The predicted molar refractivity (Wildman–Crippen MR) is 232 cm³/mol. The lowest BCUT2D eigenvalue weighted by atomic mass is 9.68. The number of benzene rings is 2. The van der Waals surface area contributed by atoms with Gasteiger partial charge in [0.2, 0.25) is 17.0 Å². The molecule has 2 aliphatic heterocycles. The number of unbranched alkanes of at least 4 members (excludes halogenated alkanes) is 2. The summed E-state index contributed by atoms with van der Waals surface area (Å²) >= 11 is 0. The Morgan fingerprint density at radius 1 is 0.893 bits per heavy atom. The molecular formula is C48H74N4O4+2. The monoisotopic (exact) mass is 771 g/mol. The van der Waals surface area contributed by atoms with Crippen molar-refractivity contribution in [2.45, 2.75) is 195 Å². The van der Waals surface area contributed by atoms with Crippen LogP contribution in [0.15, 0.2) is 24.3 Å². The maximum atomic E-state index is 14.9. The second-order valence-corrected chi connectivity index (χ2v) is 18.9. The lowest BCUT2D eigenvalue weighted by molar-refractivity contribution is -0.371. The van der Waals surface area contributed by atoms with E-state index in [-0.39, 0.29) is 64.4 Å². The second-order valence-electron chi connectivity index (χ2n) is 18.9. The topological polar surface area (TPSA) is 107 Å². The Labute approximate surface area is 337 Å². The number of aliphatic hydroxyl groups excluding tert-OH is 2. The van der Waals surface area contributed by atoms with Crippen LogP contribution < -0.4 is 30.4 Å². The van der Waals surface area contributed by atoms with Crippen LogP contribution >= 0.6 is 0 Å². The van der Waals surface area contributed by atoms with Crippen molar-refractivity contribution in [3.8, 4) is 0 Å². The van der Waals surface area contributed by atoms with Gasteiger partial charge in [0.1, 0.15) is 6.04 Å². The number of aliphatic hydroxyl groups is 2. The van der Waals surface area contributed by atoms with E-state index in [9.17, 15) is 19.8 Å². The van der Waals surface area contributed by atoms with E-state index in [2.05, 4.69) is 141 Å². The zero-order valence-electron chi connectivity index (χ0n) is 37.2. The predicted octanol–water partition coefficient (Wildman–Crippen LogP) is 7.08. The van der Waals surface area contributed by atoms with E-state index in [1.54, 1.807) is 0 Å². The number of amides is 1. The fraction of sp³-hybridized carbons (Fsp3) is 0.667. The molecule has 2 aromatic rings. The van der Waals surface area contributed by atoms with Gasteiger partial charge in [-0.2, -0.15) is 4.99 Å². The van der Waals surface area contributed by atoms with E-state index < -0.39 is 12.0 Å². The molecule has 0 saturated heterocycles. The van der Waals surface area contributed by atoms with Crippen LogP contribution in [0.4, 0.5) is 17.1 Å². The van der Waals surface area contributed by atoms with Gasteiger partial charge in [0.15, 0.2) is 11.8 Å². The third-order valence-corrected chi connectivity index (χ3v) is 14.1. The summed E-state index contributed by atoms with van der Waals surface area (Å²) in [5.74, 6) is -1.01. The molecule has 2 aromatic carbocycles. The van der Waals surface area contributed by atoms with Crippen molar-refractivity contribution in [2.75, 3.05) is 10.2 Å². The molecule has 8 nitrogen and oxygen atoms in total. The summed E-state index contributed by atoms with van der Waals surface area (Å²) < 4.78 is 2.43. The van der Waals surface area contributed by atoms with E-state index in [1.807, 2.05) is 0 Å². The first kappa shape index (κ1) is 43.6. The van der Waals surface area contributed by atoms with Gasteiger partial charge in [-0.25, -0.2) is 4.58 Å². The number of Topliss-reactive ketones (excluding diaryl/α,β-unsaturated/α-hetero) is 1. The zero-order valence-corrected chi connectivity index (χ0v) is 37.2. The molecular weight excluding hydrogens is 697 g/mol. The number of rotatable bonds is 15. The maximum absolute atomic E-state index is 14.9. The largest absolute Gasteiger partial charge is 0.463 e. The number of ketones is 1. The Morgan fingerprint density at radius 3 is 2.04 bits per heavy atom. The fourth-order valence-corrected chi connectivity index (χ4v) is 9.92. The molecule has 6 unspecified atom stereocenters. The van der Waals surface area contributed by atoms with Crippen LogP contribution in [0.3, 0.4) is 0 Å². The van der Waals surface area contributed by atoms with E-state index in [1.165, 1.54) is 0 Å². The normalized spacial score (nSPS) is 24.7. The number of nitrogens with one attached hydrogen (secondary N) is 2. The second kappa shape index (κ2) is 16.8. The van der Waals surface area contributed by atoms with E-state index in [0.717, 1.165) is 73.5 Å². The molecule has 56 heavy (non-hydrogen) atoms. The van der Waals surface area contributed by atoms with Gasteiger partial charge in [-0.1, -0.05) is 73.3 Å². The molecule has 1 fully saturated rings. The molecule has 1 saturated carbocycles. The molecule has 308 valence electrons. The molecule has 5 rings (SSSR count). The number of hydrogen-bond donors (Lipinski definition) is 4. The van der Waals surface area contributed by atoms with Crippen LogP contribution in [0.5, 0.6) is 0 Å². The first-order valence-corrected chi connectivity index (χ1v) is 22.0. The molecule has 0 bridgehead atoms. The Hall–Kier alpha value is -3.52. The van der Waals surface area contributed by atoms with Crippen LogP contribution in [0.25, 0.3) is 5.57 Å². The summed E-state index contributed by atoms with van der Waals surface area (Å²) in [4.78, 5) is 34.6. The van der Waals surface area contributed by atoms with Crippen molar-refractivity contribution in [1.82, 2.24) is 4.58 Å². The molecule has 4 N–H and O–H groups in total. The highest BCUT2D eigenvalue weighted by Crippen LogP contribution is 2.51. The molecule has 1 amide bonds. The number of hydrogen-bond acceptors (Lipinski definition) is 4. The van der Waals surface area contributed by atoms with Gasteiger partial charge in [0.05, 0.1) is 34.6 Å². The summed E-state index contributed by atoms with van der Waals surface area (Å²) in [6.45, 7) is 30.7. The molecule has 0 aromatic heterocycles. The minimum atomic E-state index is -1.10. The minimum absolute atomic E-state index is 0.0367. The van der Waals surface area contributed by atoms with Crippen LogP contribution in [0, 0.1) is 11.8 Å². The number of nitrogens with zero attached hydrogens (tertiary/aromatic N) is 2. The smallest absolute Gasteiger partial charge is 0.341 e. The molecule has 3 aliphatic rings. The summed E-state index contributed by atoms with van der Waals surface area (Å²) in [7, 11) is 0. The average molecular weight is 771 g/mol. The van der Waals surface area contributed by atoms with E-state index in [0.29, 0.717) is 27.7 Å². The first-order valence-electron chi connectivity index (χ1n) is 22.0. The number of anilines is 2. The Balaban J connectivity index is 1.74. The van der Waals surface area contributed by atoms with Crippen LogP contribution in [-0.2, 0) is 20.4 Å². The van der Waals surface area contributed by atoms with Crippen molar-refractivity contribution >= 4 is 40.2 Å². The molecule has 6 atom stereocenters. The van der Waals surface area contributed by atoms with Gasteiger partial charge in [-0.15, -0.1) is 0 Å². The Bertz CT molecular complexity index is 1970. The van der Waals surface area contributed by atoms with Gasteiger partial charge in [-0.3, -0.25) is 9.59 Å². The number of carbonyl (C=O) groups is 2. The maximum Gasteiger partial charge on any atom is 0.341 e. The first-order chi connectivity index (χ1) is 26.3. The number of fused-ring (bicyclic) bond motifs is 2. The number of carbonyl (C=O) groups excluding carboxylic acids is 2. The van der Waals surface area contributed by atoms with Crippen molar-refractivity contribution in [2.24, 2.45) is 11.8 Å². The van der Waals surface area contributed by atoms with Gasteiger partial charge in [0, 0.05) is 45.9 Å². The Morgan fingerprint density at radius 2 is 1.50 bits per heavy atom. The summed E-state index contributed by atoms with van der Waals surface area (Å²) in [6.07, 6.45) is 6.12.